The van der Waals surface area contributed by atoms with Gasteiger partial charge in [-0.15, -0.1) is 0 Å². The van der Waals surface area contributed by atoms with E-state index in [1.54, 1.807) is 0 Å². The van der Waals surface area contributed by atoms with Gasteiger partial charge in [-0.1, -0.05) is 20.8 Å². The zero-order valence-corrected chi connectivity index (χ0v) is 11.5. The third-order valence-electron chi connectivity index (χ3n) is 4.72. The van der Waals surface area contributed by atoms with Crippen LogP contribution in [0, 0.1) is 5.41 Å². The van der Waals surface area contributed by atoms with Crippen molar-refractivity contribution in [1.29, 1.82) is 0 Å². The molecule has 0 bridgehead atoms. The van der Waals surface area contributed by atoms with E-state index < -0.39 is 0 Å². The maximum atomic E-state index is 6.29. The van der Waals surface area contributed by atoms with E-state index in [0.29, 0.717) is 23.7 Å². The molecule has 0 spiro atoms. The summed E-state index contributed by atoms with van der Waals surface area (Å²) >= 11 is 0. The maximum absolute atomic E-state index is 6.29. The molecule has 1 saturated heterocycles. The van der Waals surface area contributed by atoms with Crippen LogP contribution in [0.15, 0.2) is 0 Å². The minimum atomic E-state index is 0.328. The van der Waals surface area contributed by atoms with Crippen LogP contribution in [0.2, 0.25) is 0 Å². The van der Waals surface area contributed by atoms with Crippen molar-refractivity contribution in [2.24, 2.45) is 5.41 Å². The summed E-state index contributed by atoms with van der Waals surface area (Å²) in [6, 6.07) is 0.641. The van der Waals surface area contributed by atoms with E-state index in [9.17, 15) is 0 Å². The van der Waals surface area contributed by atoms with Gasteiger partial charge >= 0.3 is 0 Å². The van der Waals surface area contributed by atoms with E-state index in [-0.39, 0.29) is 0 Å². The van der Waals surface area contributed by atoms with Crippen LogP contribution in [-0.4, -0.2) is 38.0 Å². The zero-order valence-electron chi connectivity index (χ0n) is 11.5. The average Bonchev–Trinajstić information content (AvgIpc) is 2.38. The second-order valence-corrected chi connectivity index (χ2v) is 5.64. The van der Waals surface area contributed by atoms with Crippen molar-refractivity contribution in [1.82, 2.24) is 5.32 Å². The molecule has 3 heteroatoms. The molecule has 17 heavy (non-hydrogen) atoms. The third kappa shape index (κ3) is 2.67. The molecular weight excluding hydrogens is 214 g/mol. The lowest BCUT2D eigenvalue weighted by Gasteiger charge is -2.55. The highest BCUT2D eigenvalue weighted by atomic mass is 16.5. The summed E-state index contributed by atoms with van der Waals surface area (Å²) < 4.78 is 11.7. The summed E-state index contributed by atoms with van der Waals surface area (Å²) in [5.41, 5.74) is 0.328. The molecule has 3 unspecified atom stereocenters. The molecule has 3 nitrogen and oxygen atoms in total. The van der Waals surface area contributed by atoms with Gasteiger partial charge in [0.2, 0.25) is 0 Å². The van der Waals surface area contributed by atoms with Crippen molar-refractivity contribution >= 4 is 0 Å². The molecule has 1 aliphatic heterocycles. The second-order valence-electron chi connectivity index (χ2n) is 5.64. The standard InChI is InChI=1S/C14H27NO2/c1-4-14(3)12(15-5-2)10-13(14)17-11-6-8-16-9-7-11/h11-13,15H,4-10H2,1-3H3. The SMILES string of the molecule is CCNC1CC(OC2CCOCC2)C1(C)CC. The summed E-state index contributed by atoms with van der Waals surface area (Å²) in [5, 5.41) is 3.59. The molecule has 1 aliphatic carbocycles. The summed E-state index contributed by atoms with van der Waals surface area (Å²) in [4.78, 5) is 0. The maximum Gasteiger partial charge on any atom is 0.0662 e. The highest BCUT2D eigenvalue weighted by molar-refractivity contribution is 5.04. The van der Waals surface area contributed by atoms with Crippen LogP contribution in [-0.2, 0) is 9.47 Å². The average molecular weight is 241 g/mol. The van der Waals surface area contributed by atoms with Crippen LogP contribution in [0.1, 0.15) is 46.5 Å². The number of hydrogen-bond donors (Lipinski definition) is 1. The fourth-order valence-corrected chi connectivity index (χ4v) is 3.11. The molecule has 2 rings (SSSR count). The van der Waals surface area contributed by atoms with Crippen molar-refractivity contribution in [2.45, 2.75) is 64.7 Å². The Morgan fingerprint density at radius 3 is 2.59 bits per heavy atom. The van der Waals surface area contributed by atoms with Crippen LogP contribution in [0.4, 0.5) is 0 Å². The van der Waals surface area contributed by atoms with Gasteiger partial charge in [0, 0.05) is 24.7 Å². The van der Waals surface area contributed by atoms with E-state index in [1.807, 2.05) is 0 Å². The van der Waals surface area contributed by atoms with Crippen molar-refractivity contribution in [3.63, 3.8) is 0 Å². The molecule has 1 N–H and O–H groups in total. The molecule has 1 saturated carbocycles. The summed E-state index contributed by atoms with van der Waals surface area (Å²) in [6.07, 6.45) is 5.39. The number of nitrogens with one attached hydrogen (secondary N) is 1. The Kier molecular flexibility index (Phi) is 4.45. The fraction of sp³-hybridized carbons (Fsp3) is 1.00. The van der Waals surface area contributed by atoms with Crippen LogP contribution in [0.5, 0.6) is 0 Å². The third-order valence-corrected chi connectivity index (χ3v) is 4.72. The van der Waals surface area contributed by atoms with Gasteiger partial charge in [0.05, 0.1) is 12.2 Å². The smallest absolute Gasteiger partial charge is 0.0662 e. The molecule has 0 amide bonds. The number of hydrogen-bond acceptors (Lipinski definition) is 3. The Morgan fingerprint density at radius 1 is 1.29 bits per heavy atom. The molecule has 1 heterocycles. The van der Waals surface area contributed by atoms with Gasteiger partial charge in [-0.05, 0) is 32.2 Å². The normalized spacial score (nSPS) is 39.0. The van der Waals surface area contributed by atoms with Crippen molar-refractivity contribution in [3.05, 3.63) is 0 Å². The fourth-order valence-electron chi connectivity index (χ4n) is 3.11. The minimum Gasteiger partial charge on any atom is -0.381 e. The van der Waals surface area contributed by atoms with Crippen LogP contribution in [0.25, 0.3) is 0 Å². The van der Waals surface area contributed by atoms with Crippen molar-refractivity contribution in [3.8, 4) is 0 Å². The Morgan fingerprint density at radius 2 is 2.00 bits per heavy atom. The molecule has 2 aliphatic rings. The Bertz CT molecular complexity index is 240. The topological polar surface area (TPSA) is 30.5 Å². The first-order chi connectivity index (χ1) is 8.20. The quantitative estimate of drug-likeness (QED) is 0.801. The molecular formula is C14H27NO2. The van der Waals surface area contributed by atoms with Gasteiger partial charge in [0.1, 0.15) is 0 Å². The van der Waals surface area contributed by atoms with Gasteiger partial charge in [-0.25, -0.2) is 0 Å². The van der Waals surface area contributed by atoms with E-state index in [2.05, 4.69) is 26.1 Å². The highest BCUT2D eigenvalue weighted by Crippen LogP contribution is 2.46. The lowest BCUT2D eigenvalue weighted by molar-refractivity contribution is -0.172. The predicted octanol–water partition coefficient (Wildman–Crippen LogP) is 2.35. The van der Waals surface area contributed by atoms with Gasteiger partial charge in [0.25, 0.3) is 0 Å². The minimum absolute atomic E-state index is 0.328. The molecule has 3 atom stereocenters. The molecule has 0 aromatic carbocycles. The lowest BCUT2D eigenvalue weighted by atomic mass is 9.61. The molecule has 0 aromatic heterocycles. The van der Waals surface area contributed by atoms with E-state index in [0.717, 1.165) is 32.6 Å². The molecule has 0 radical (unpaired) electrons. The Labute approximate surface area is 105 Å². The molecule has 2 fully saturated rings. The summed E-state index contributed by atoms with van der Waals surface area (Å²) in [7, 11) is 0. The van der Waals surface area contributed by atoms with Gasteiger partial charge in [-0.3, -0.25) is 0 Å². The molecule has 0 aromatic rings. The first kappa shape index (κ1) is 13.3. The summed E-state index contributed by atoms with van der Waals surface area (Å²) in [5.74, 6) is 0. The van der Waals surface area contributed by atoms with Crippen molar-refractivity contribution < 1.29 is 9.47 Å². The number of rotatable bonds is 5. The molecule has 100 valence electrons. The Balaban J connectivity index is 1.85. The van der Waals surface area contributed by atoms with E-state index >= 15 is 0 Å². The second kappa shape index (κ2) is 5.68. The Hall–Kier alpha value is -0.120. The largest absolute Gasteiger partial charge is 0.381 e. The number of ether oxygens (including phenoxy) is 2. The lowest BCUT2D eigenvalue weighted by Crippen LogP contribution is -2.62. The van der Waals surface area contributed by atoms with Crippen LogP contribution in [0.3, 0.4) is 0 Å². The zero-order chi connectivity index (χ0) is 12.3. The van der Waals surface area contributed by atoms with Gasteiger partial charge in [-0.2, -0.15) is 0 Å². The highest BCUT2D eigenvalue weighted by Gasteiger charge is 2.51. The predicted molar refractivity (Wildman–Crippen MR) is 69.2 cm³/mol. The summed E-state index contributed by atoms with van der Waals surface area (Å²) in [6.45, 7) is 9.64. The monoisotopic (exact) mass is 241 g/mol. The van der Waals surface area contributed by atoms with Crippen LogP contribution < -0.4 is 5.32 Å². The first-order valence-corrected chi connectivity index (χ1v) is 7.17. The van der Waals surface area contributed by atoms with Crippen molar-refractivity contribution in [2.75, 3.05) is 19.8 Å². The van der Waals surface area contributed by atoms with E-state index in [1.165, 1.54) is 12.8 Å². The first-order valence-electron chi connectivity index (χ1n) is 7.17. The van der Waals surface area contributed by atoms with Gasteiger partial charge < -0.3 is 14.8 Å². The van der Waals surface area contributed by atoms with E-state index in [4.69, 9.17) is 9.47 Å². The van der Waals surface area contributed by atoms with Gasteiger partial charge in [0.15, 0.2) is 0 Å². The van der Waals surface area contributed by atoms with Crippen LogP contribution >= 0.6 is 0 Å².